The van der Waals surface area contributed by atoms with E-state index in [2.05, 4.69) is 14.5 Å². The van der Waals surface area contributed by atoms with E-state index in [0.717, 1.165) is 7.11 Å². The second-order valence-electron chi connectivity index (χ2n) is 4.16. The minimum atomic E-state index is -1.14. The van der Waals surface area contributed by atoms with Crippen molar-refractivity contribution in [1.29, 1.82) is 0 Å². The summed E-state index contributed by atoms with van der Waals surface area (Å²) in [5, 5.41) is 8.79. The molecule has 9 heteroatoms. The van der Waals surface area contributed by atoms with Crippen molar-refractivity contribution in [3.05, 3.63) is 22.0 Å². The number of esters is 2. The minimum absolute atomic E-state index is 0.0108. The number of hydrogen-bond acceptors (Lipinski definition) is 6. The van der Waals surface area contributed by atoms with Gasteiger partial charge >= 0.3 is 17.9 Å². The maximum absolute atomic E-state index is 11.9. The monoisotopic (exact) mass is 318 g/mol. The van der Waals surface area contributed by atoms with E-state index in [9.17, 15) is 14.4 Å². The lowest BCUT2D eigenvalue weighted by Gasteiger charge is -2.10. The molecule has 0 aliphatic carbocycles. The molecular weight excluding hydrogens is 304 g/mol. The number of carbonyl (C=O) groups is 3. The van der Waals surface area contributed by atoms with E-state index in [4.69, 9.17) is 22.4 Å². The standard InChI is InChI=1S/C12H15ClN2O6/c1-20-8(18)3-5-9(12(19)21-2)10(15-11(5)13)6(14)4-7(16)17/h6,15H,3-4,14H2,1-2H3,(H,16,17). The van der Waals surface area contributed by atoms with Crippen molar-refractivity contribution in [2.24, 2.45) is 5.73 Å². The molecule has 1 aromatic rings. The highest BCUT2D eigenvalue weighted by atomic mass is 35.5. The predicted molar refractivity (Wildman–Crippen MR) is 72.0 cm³/mol. The molecule has 8 nitrogen and oxygen atoms in total. The summed E-state index contributed by atoms with van der Waals surface area (Å²) in [7, 11) is 2.34. The van der Waals surface area contributed by atoms with Gasteiger partial charge in [-0.3, -0.25) is 9.59 Å². The third-order valence-electron chi connectivity index (χ3n) is 2.78. The Kier molecular flexibility index (Phi) is 5.74. The normalized spacial score (nSPS) is 11.8. The van der Waals surface area contributed by atoms with Gasteiger partial charge in [0.2, 0.25) is 0 Å². The number of methoxy groups -OCH3 is 2. The fraction of sp³-hybridized carbons (Fsp3) is 0.417. The number of hydrogen-bond donors (Lipinski definition) is 3. The molecular formula is C12H15ClN2O6. The number of halogens is 1. The Balaban J connectivity index is 3.31. The van der Waals surface area contributed by atoms with Crippen LogP contribution in [0.3, 0.4) is 0 Å². The van der Waals surface area contributed by atoms with Crippen LogP contribution in [-0.2, 0) is 25.5 Å². The van der Waals surface area contributed by atoms with Crippen LogP contribution in [0.15, 0.2) is 0 Å². The van der Waals surface area contributed by atoms with Gasteiger partial charge in [-0.25, -0.2) is 4.79 Å². The smallest absolute Gasteiger partial charge is 0.340 e. The third kappa shape index (κ3) is 3.96. The number of rotatable bonds is 6. The van der Waals surface area contributed by atoms with Crippen LogP contribution in [0, 0.1) is 0 Å². The first-order valence-corrected chi connectivity index (χ1v) is 6.22. The summed E-state index contributed by atoms with van der Waals surface area (Å²) in [6.45, 7) is 0. The lowest BCUT2D eigenvalue weighted by atomic mass is 10.0. The highest BCUT2D eigenvalue weighted by molar-refractivity contribution is 6.31. The quantitative estimate of drug-likeness (QED) is 0.656. The first kappa shape index (κ1) is 17.0. The van der Waals surface area contributed by atoms with Crippen molar-refractivity contribution in [3.8, 4) is 0 Å². The summed E-state index contributed by atoms with van der Waals surface area (Å²) in [6.07, 6.45) is -0.686. The lowest BCUT2D eigenvalue weighted by Crippen LogP contribution is -2.19. The second-order valence-corrected chi connectivity index (χ2v) is 4.53. The first-order chi connectivity index (χ1) is 9.81. The number of carboxylic acids is 1. The number of aliphatic carboxylic acids is 1. The molecule has 0 saturated heterocycles. The maximum atomic E-state index is 11.9. The van der Waals surface area contributed by atoms with Crippen molar-refractivity contribution in [3.63, 3.8) is 0 Å². The zero-order valence-electron chi connectivity index (χ0n) is 11.4. The predicted octanol–water partition coefficient (Wildman–Crippen LogP) is 0.645. The second kappa shape index (κ2) is 7.09. The van der Waals surface area contributed by atoms with E-state index in [1.54, 1.807) is 0 Å². The summed E-state index contributed by atoms with van der Waals surface area (Å²) < 4.78 is 9.15. The van der Waals surface area contributed by atoms with Crippen molar-refractivity contribution < 1.29 is 29.0 Å². The van der Waals surface area contributed by atoms with Gasteiger partial charge in [0, 0.05) is 11.3 Å². The molecule has 0 radical (unpaired) electrons. The van der Waals surface area contributed by atoms with E-state index in [1.807, 2.05) is 0 Å². The zero-order chi connectivity index (χ0) is 16.2. The maximum Gasteiger partial charge on any atom is 0.340 e. The van der Waals surface area contributed by atoms with Gasteiger partial charge in [0.1, 0.15) is 5.15 Å². The van der Waals surface area contributed by atoms with E-state index < -0.39 is 30.4 Å². The van der Waals surface area contributed by atoms with E-state index in [1.165, 1.54) is 7.11 Å². The van der Waals surface area contributed by atoms with Gasteiger partial charge in [0.05, 0.1) is 38.7 Å². The summed E-state index contributed by atoms with van der Waals surface area (Å²) in [6, 6.07) is -1.000. The molecule has 21 heavy (non-hydrogen) atoms. The Labute approximate surface area is 125 Å². The fourth-order valence-corrected chi connectivity index (χ4v) is 2.08. The summed E-state index contributed by atoms with van der Waals surface area (Å²) in [4.78, 5) is 36.6. The molecule has 1 atom stereocenters. The van der Waals surface area contributed by atoms with E-state index in [-0.39, 0.29) is 28.4 Å². The number of carbonyl (C=O) groups excluding carboxylic acids is 2. The molecule has 0 aliphatic heterocycles. The van der Waals surface area contributed by atoms with Crippen molar-refractivity contribution in [2.45, 2.75) is 18.9 Å². The van der Waals surface area contributed by atoms with Crippen LogP contribution in [0.4, 0.5) is 0 Å². The van der Waals surface area contributed by atoms with Crippen LogP contribution in [0.2, 0.25) is 5.15 Å². The highest BCUT2D eigenvalue weighted by Crippen LogP contribution is 2.29. The van der Waals surface area contributed by atoms with Gasteiger partial charge in [0.25, 0.3) is 0 Å². The minimum Gasteiger partial charge on any atom is -0.481 e. The Bertz CT molecular complexity index is 568. The number of H-pyrrole nitrogens is 1. The van der Waals surface area contributed by atoms with Crippen LogP contribution in [0.5, 0.6) is 0 Å². The number of ether oxygens (including phenoxy) is 2. The van der Waals surface area contributed by atoms with Crippen LogP contribution < -0.4 is 5.73 Å². The molecule has 0 spiro atoms. The van der Waals surface area contributed by atoms with Crippen molar-refractivity contribution in [2.75, 3.05) is 14.2 Å². The summed E-state index contributed by atoms with van der Waals surface area (Å²) in [5.74, 6) is -2.52. The van der Waals surface area contributed by atoms with Gasteiger partial charge < -0.3 is 25.3 Å². The van der Waals surface area contributed by atoms with Crippen LogP contribution in [0.1, 0.15) is 34.1 Å². The lowest BCUT2D eigenvalue weighted by molar-refractivity contribution is -0.140. The van der Waals surface area contributed by atoms with Gasteiger partial charge in [-0.15, -0.1) is 0 Å². The largest absolute Gasteiger partial charge is 0.481 e. The van der Waals surface area contributed by atoms with Crippen molar-refractivity contribution >= 4 is 29.5 Å². The molecule has 116 valence electrons. The number of aromatic nitrogens is 1. The molecule has 0 aromatic carbocycles. The molecule has 4 N–H and O–H groups in total. The van der Waals surface area contributed by atoms with Gasteiger partial charge in [0.15, 0.2) is 0 Å². The molecule has 0 bridgehead atoms. The van der Waals surface area contributed by atoms with E-state index in [0.29, 0.717) is 0 Å². The number of nitrogens with two attached hydrogens (primary N) is 1. The zero-order valence-corrected chi connectivity index (χ0v) is 12.2. The van der Waals surface area contributed by atoms with Crippen LogP contribution >= 0.6 is 11.6 Å². The highest BCUT2D eigenvalue weighted by Gasteiger charge is 2.28. The summed E-state index contributed by atoms with van der Waals surface area (Å²) >= 11 is 5.96. The summed E-state index contributed by atoms with van der Waals surface area (Å²) in [5.41, 5.74) is 5.96. The van der Waals surface area contributed by atoms with Crippen molar-refractivity contribution in [1.82, 2.24) is 4.98 Å². The Morgan fingerprint density at radius 3 is 2.43 bits per heavy atom. The molecule has 1 aromatic heterocycles. The van der Waals surface area contributed by atoms with Crippen LogP contribution in [-0.4, -0.2) is 42.2 Å². The molecule has 1 heterocycles. The number of nitrogens with one attached hydrogen (secondary N) is 1. The molecule has 0 fully saturated rings. The SMILES string of the molecule is COC(=O)Cc1c(Cl)[nH]c(C(N)CC(=O)O)c1C(=O)OC. The molecule has 0 aliphatic rings. The Morgan fingerprint density at radius 2 is 1.95 bits per heavy atom. The Morgan fingerprint density at radius 1 is 1.33 bits per heavy atom. The topological polar surface area (TPSA) is 132 Å². The number of aromatic amines is 1. The first-order valence-electron chi connectivity index (χ1n) is 5.84. The molecule has 1 unspecified atom stereocenters. The average molecular weight is 319 g/mol. The third-order valence-corrected chi connectivity index (χ3v) is 3.11. The van der Waals surface area contributed by atoms with Crippen LogP contribution in [0.25, 0.3) is 0 Å². The number of carboxylic acid groups (broad SMARTS) is 1. The van der Waals surface area contributed by atoms with Gasteiger partial charge in [-0.1, -0.05) is 11.6 Å². The Hall–Kier alpha value is -2.06. The van der Waals surface area contributed by atoms with Gasteiger partial charge in [-0.2, -0.15) is 0 Å². The van der Waals surface area contributed by atoms with Gasteiger partial charge in [-0.05, 0) is 0 Å². The van der Waals surface area contributed by atoms with E-state index >= 15 is 0 Å². The average Bonchev–Trinajstić information content (AvgIpc) is 2.74. The molecule has 1 rings (SSSR count). The fourth-order valence-electron chi connectivity index (χ4n) is 1.81. The molecule has 0 saturated carbocycles. The molecule has 0 amide bonds.